The van der Waals surface area contributed by atoms with Crippen molar-refractivity contribution in [3.63, 3.8) is 0 Å². The lowest BCUT2D eigenvalue weighted by Gasteiger charge is -2.23. The second kappa shape index (κ2) is 8.25. The first-order valence-corrected chi connectivity index (χ1v) is 7.93. The van der Waals surface area contributed by atoms with E-state index in [0.29, 0.717) is 30.3 Å². The van der Waals surface area contributed by atoms with Gasteiger partial charge in [-0.25, -0.2) is 4.79 Å². The van der Waals surface area contributed by atoms with Crippen LogP contribution in [0, 0.1) is 0 Å². The minimum atomic E-state index is -0.485. The molecule has 1 fully saturated rings. The second-order valence-corrected chi connectivity index (χ2v) is 5.35. The number of hydrogen-bond donors (Lipinski definition) is 0. The van der Waals surface area contributed by atoms with Gasteiger partial charge in [0.05, 0.1) is 45.2 Å². The summed E-state index contributed by atoms with van der Waals surface area (Å²) in [4.78, 5) is 16.0. The molecule has 0 atom stereocenters. The molecule has 0 unspecified atom stereocenters. The van der Waals surface area contributed by atoms with Gasteiger partial charge >= 0.3 is 5.97 Å². The van der Waals surface area contributed by atoms with Gasteiger partial charge in [-0.3, -0.25) is 9.99 Å². The molecule has 0 aliphatic carbocycles. The molecule has 130 valence electrons. The molecule has 0 spiro atoms. The number of methoxy groups -OCH3 is 1. The number of morpholine rings is 1. The highest BCUT2D eigenvalue weighted by Crippen LogP contribution is 2.28. The molecule has 1 aliphatic heterocycles. The Hall–Kier alpha value is -2.93. The Morgan fingerprint density at radius 2 is 2.12 bits per heavy atom. The molecule has 0 amide bonds. The van der Waals surface area contributed by atoms with Crippen LogP contribution in [0.3, 0.4) is 0 Å². The molecule has 0 N–H and O–H groups in total. The minimum absolute atomic E-state index is 0.347. The SMILES string of the molecule is COc1cc(C=NN2CCOCC2)ccc1OC(=O)c1cccnc1. The van der Waals surface area contributed by atoms with Crippen LogP contribution in [0.1, 0.15) is 15.9 Å². The lowest BCUT2D eigenvalue weighted by atomic mass is 10.2. The fourth-order valence-electron chi connectivity index (χ4n) is 2.31. The van der Waals surface area contributed by atoms with Crippen molar-refractivity contribution in [2.75, 3.05) is 33.4 Å². The molecular formula is C18H19N3O4. The maximum absolute atomic E-state index is 12.1. The summed E-state index contributed by atoms with van der Waals surface area (Å²) >= 11 is 0. The number of carbonyl (C=O) groups is 1. The van der Waals surface area contributed by atoms with Crippen molar-refractivity contribution in [2.24, 2.45) is 5.10 Å². The fraction of sp³-hybridized carbons (Fsp3) is 0.278. The Bertz CT molecular complexity index is 743. The van der Waals surface area contributed by atoms with Crippen molar-refractivity contribution in [1.82, 2.24) is 9.99 Å². The zero-order valence-electron chi connectivity index (χ0n) is 13.9. The third-order valence-corrected chi connectivity index (χ3v) is 3.65. The van der Waals surface area contributed by atoms with Gasteiger partial charge in [0.25, 0.3) is 0 Å². The summed E-state index contributed by atoms with van der Waals surface area (Å²) in [5, 5.41) is 6.37. The molecule has 3 rings (SSSR count). The third kappa shape index (κ3) is 4.54. The molecule has 2 heterocycles. The first-order valence-electron chi connectivity index (χ1n) is 7.93. The van der Waals surface area contributed by atoms with E-state index >= 15 is 0 Å². The Kier molecular flexibility index (Phi) is 5.58. The average Bonchev–Trinajstić information content (AvgIpc) is 2.68. The lowest BCUT2D eigenvalue weighted by molar-refractivity contribution is 0.0397. The van der Waals surface area contributed by atoms with E-state index in [1.807, 2.05) is 11.1 Å². The molecule has 7 nitrogen and oxygen atoms in total. The maximum Gasteiger partial charge on any atom is 0.345 e. The summed E-state index contributed by atoms with van der Waals surface area (Å²) in [5.41, 5.74) is 1.23. The van der Waals surface area contributed by atoms with E-state index in [1.165, 1.54) is 13.3 Å². The predicted octanol–water partition coefficient (Wildman–Crippen LogP) is 1.98. The molecule has 0 bridgehead atoms. The van der Waals surface area contributed by atoms with Crippen LogP contribution in [-0.2, 0) is 4.74 Å². The number of nitrogens with zero attached hydrogens (tertiary/aromatic N) is 3. The van der Waals surface area contributed by atoms with Crippen LogP contribution in [0.5, 0.6) is 11.5 Å². The molecule has 1 aliphatic rings. The normalized spacial score (nSPS) is 14.5. The van der Waals surface area contributed by atoms with Crippen molar-refractivity contribution in [3.05, 3.63) is 53.9 Å². The van der Waals surface area contributed by atoms with Crippen molar-refractivity contribution in [2.45, 2.75) is 0 Å². The van der Waals surface area contributed by atoms with E-state index in [2.05, 4.69) is 10.1 Å². The highest BCUT2D eigenvalue weighted by atomic mass is 16.6. The lowest BCUT2D eigenvalue weighted by Crippen LogP contribution is -2.32. The molecule has 2 aromatic rings. The first-order chi connectivity index (χ1) is 12.3. The number of pyridine rings is 1. The zero-order valence-corrected chi connectivity index (χ0v) is 13.9. The molecule has 7 heteroatoms. The van der Waals surface area contributed by atoms with E-state index in [-0.39, 0.29) is 0 Å². The van der Waals surface area contributed by atoms with Gasteiger partial charge in [0.15, 0.2) is 11.5 Å². The molecule has 25 heavy (non-hydrogen) atoms. The maximum atomic E-state index is 12.1. The molecular weight excluding hydrogens is 322 g/mol. The predicted molar refractivity (Wildman–Crippen MR) is 92.2 cm³/mol. The van der Waals surface area contributed by atoms with Crippen molar-refractivity contribution in [1.29, 1.82) is 0 Å². The quantitative estimate of drug-likeness (QED) is 0.470. The monoisotopic (exact) mass is 341 g/mol. The Morgan fingerprint density at radius 1 is 1.28 bits per heavy atom. The highest BCUT2D eigenvalue weighted by Gasteiger charge is 2.13. The summed E-state index contributed by atoms with van der Waals surface area (Å²) in [6.45, 7) is 2.91. The average molecular weight is 341 g/mol. The zero-order chi connectivity index (χ0) is 17.5. The van der Waals surface area contributed by atoms with Crippen LogP contribution >= 0.6 is 0 Å². The summed E-state index contributed by atoms with van der Waals surface area (Å²) < 4.78 is 16.0. The van der Waals surface area contributed by atoms with E-state index in [0.717, 1.165) is 18.7 Å². The Balaban J connectivity index is 1.71. The fourth-order valence-corrected chi connectivity index (χ4v) is 2.31. The van der Waals surface area contributed by atoms with Gasteiger partial charge < -0.3 is 14.2 Å². The number of benzene rings is 1. The van der Waals surface area contributed by atoms with Crippen LogP contribution in [0.25, 0.3) is 0 Å². The molecule has 1 aromatic carbocycles. The van der Waals surface area contributed by atoms with Gasteiger partial charge in [0.1, 0.15) is 0 Å². The summed E-state index contributed by atoms with van der Waals surface area (Å²) in [6, 6.07) is 8.60. The standard InChI is InChI=1S/C18H19N3O4/c1-23-17-11-14(12-20-21-7-9-24-10-8-21)4-5-16(17)25-18(22)15-3-2-6-19-13-15/h2-6,11-13H,7-10H2,1H3. The summed E-state index contributed by atoms with van der Waals surface area (Å²) in [6.07, 6.45) is 4.80. The highest BCUT2D eigenvalue weighted by molar-refractivity contribution is 5.91. The van der Waals surface area contributed by atoms with Gasteiger partial charge in [-0.15, -0.1) is 0 Å². The minimum Gasteiger partial charge on any atom is -0.493 e. The van der Waals surface area contributed by atoms with E-state index in [4.69, 9.17) is 14.2 Å². The van der Waals surface area contributed by atoms with Crippen molar-refractivity contribution in [3.8, 4) is 11.5 Å². The van der Waals surface area contributed by atoms with Gasteiger partial charge in [-0.05, 0) is 35.9 Å². The largest absolute Gasteiger partial charge is 0.493 e. The van der Waals surface area contributed by atoms with Crippen LogP contribution in [0.4, 0.5) is 0 Å². The van der Waals surface area contributed by atoms with Crippen molar-refractivity contribution >= 4 is 12.2 Å². The smallest absolute Gasteiger partial charge is 0.345 e. The Labute approximate surface area is 145 Å². The van der Waals surface area contributed by atoms with Crippen LogP contribution in [0.2, 0.25) is 0 Å². The van der Waals surface area contributed by atoms with Crippen LogP contribution in [0.15, 0.2) is 47.8 Å². The number of hydrogen-bond acceptors (Lipinski definition) is 7. The number of esters is 1. The number of hydrazone groups is 1. The second-order valence-electron chi connectivity index (χ2n) is 5.35. The number of rotatable bonds is 5. The topological polar surface area (TPSA) is 73.2 Å². The van der Waals surface area contributed by atoms with E-state index < -0.39 is 5.97 Å². The van der Waals surface area contributed by atoms with Crippen LogP contribution < -0.4 is 9.47 Å². The van der Waals surface area contributed by atoms with Gasteiger partial charge in [-0.2, -0.15) is 5.10 Å². The molecule has 0 saturated carbocycles. The van der Waals surface area contributed by atoms with E-state index in [9.17, 15) is 4.79 Å². The third-order valence-electron chi connectivity index (χ3n) is 3.65. The first kappa shape index (κ1) is 16.9. The van der Waals surface area contributed by atoms with Gasteiger partial charge in [0, 0.05) is 12.4 Å². The van der Waals surface area contributed by atoms with Crippen LogP contribution in [-0.4, -0.2) is 55.6 Å². The Morgan fingerprint density at radius 3 is 2.84 bits per heavy atom. The van der Waals surface area contributed by atoms with Gasteiger partial charge in [-0.1, -0.05) is 0 Å². The number of aromatic nitrogens is 1. The number of ether oxygens (including phenoxy) is 3. The number of carbonyl (C=O) groups excluding carboxylic acids is 1. The van der Waals surface area contributed by atoms with Gasteiger partial charge in [0.2, 0.25) is 0 Å². The van der Waals surface area contributed by atoms with Crippen molar-refractivity contribution < 1.29 is 19.0 Å². The molecule has 1 aromatic heterocycles. The summed E-state index contributed by atoms with van der Waals surface area (Å²) in [5.74, 6) is 0.323. The molecule has 0 radical (unpaired) electrons. The molecule has 1 saturated heterocycles. The van der Waals surface area contributed by atoms with E-state index in [1.54, 1.807) is 36.7 Å². The summed E-state index contributed by atoms with van der Waals surface area (Å²) in [7, 11) is 1.53.